The van der Waals surface area contributed by atoms with Crippen molar-refractivity contribution in [3.63, 3.8) is 0 Å². The Labute approximate surface area is 145 Å². The van der Waals surface area contributed by atoms with Crippen molar-refractivity contribution in [2.45, 2.75) is 13.5 Å². The Morgan fingerprint density at radius 1 is 1.29 bits per heavy atom. The van der Waals surface area contributed by atoms with Gasteiger partial charge < -0.3 is 15.2 Å². The van der Waals surface area contributed by atoms with Crippen molar-refractivity contribution in [3.05, 3.63) is 58.1 Å². The van der Waals surface area contributed by atoms with Crippen molar-refractivity contribution in [3.8, 4) is 11.5 Å². The molecule has 0 aliphatic rings. The van der Waals surface area contributed by atoms with Gasteiger partial charge in [-0.2, -0.15) is 8.78 Å². The highest BCUT2D eigenvalue weighted by atomic mass is 79.9. The van der Waals surface area contributed by atoms with E-state index < -0.39 is 12.5 Å². The van der Waals surface area contributed by atoms with Crippen LogP contribution >= 0.6 is 15.9 Å². The van der Waals surface area contributed by atoms with E-state index in [0.717, 1.165) is 5.56 Å². The monoisotopic (exact) mass is 397 g/mol. The largest absolute Gasteiger partial charge is 0.506 e. The maximum Gasteiger partial charge on any atom is 0.387 e. The zero-order valence-electron chi connectivity index (χ0n) is 12.6. The number of aryl methyl sites for hydroxylation is 1. The van der Waals surface area contributed by atoms with Gasteiger partial charge in [-0.3, -0.25) is 4.79 Å². The van der Waals surface area contributed by atoms with Crippen molar-refractivity contribution in [1.29, 1.82) is 0 Å². The molecule has 0 saturated carbocycles. The summed E-state index contributed by atoms with van der Waals surface area (Å²) in [5.41, 5.74) is 1.42. The van der Waals surface area contributed by atoms with E-state index in [-0.39, 0.29) is 17.2 Å². The summed E-state index contributed by atoms with van der Waals surface area (Å²) >= 11 is 3.23. The molecule has 0 bridgehead atoms. The summed E-state index contributed by atoms with van der Waals surface area (Å²) in [4.78, 5) is 11.9. The topological polar surface area (TPSA) is 58.6 Å². The van der Waals surface area contributed by atoms with E-state index in [0.29, 0.717) is 10.0 Å². The van der Waals surface area contributed by atoms with Gasteiger partial charge in [0.25, 0.3) is 0 Å². The number of rotatable bonds is 5. The molecule has 126 valence electrons. The highest BCUT2D eigenvalue weighted by Crippen LogP contribution is 2.27. The molecule has 2 N–H and O–H groups in total. The molecule has 0 atom stereocenters. The number of hydrogen-bond acceptors (Lipinski definition) is 3. The van der Waals surface area contributed by atoms with Crippen molar-refractivity contribution < 1.29 is 23.4 Å². The first-order valence-corrected chi connectivity index (χ1v) is 7.67. The van der Waals surface area contributed by atoms with Gasteiger partial charge in [0, 0.05) is 16.1 Å². The molecule has 0 radical (unpaired) electrons. The lowest BCUT2D eigenvalue weighted by molar-refractivity contribution is -0.111. The van der Waals surface area contributed by atoms with E-state index in [1.807, 2.05) is 6.92 Å². The van der Waals surface area contributed by atoms with Gasteiger partial charge in [0.1, 0.15) is 11.5 Å². The van der Waals surface area contributed by atoms with Crippen LogP contribution in [-0.2, 0) is 4.79 Å². The number of phenolic OH excluding ortho intramolecular Hbond substituents is 1. The van der Waals surface area contributed by atoms with Crippen LogP contribution in [0.3, 0.4) is 0 Å². The number of alkyl halides is 2. The molecule has 4 nitrogen and oxygen atoms in total. The molecule has 0 aromatic heterocycles. The first-order chi connectivity index (χ1) is 11.3. The minimum Gasteiger partial charge on any atom is -0.506 e. The Kier molecular flexibility index (Phi) is 5.92. The Bertz CT molecular complexity index is 778. The van der Waals surface area contributed by atoms with Crippen LogP contribution in [-0.4, -0.2) is 17.6 Å². The van der Waals surface area contributed by atoms with Crippen LogP contribution in [0.1, 0.15) is 11.1 Å². The molecule has 0 aliphatic heterocycles. The second-order valence-electron chi connectivity index (χ2n) is 4.90. The Balaban J connectivity index is 2.15. The number of carbonyl (C=O) groups is 1. The number of carbonyl (C=O) groups excluding carboxylic acids is 1. The molecular formula is C17H14BrF2NO3. The highest BCUT2D eigenvalue weighted by molar-refractivity contribution is 9.10. The fraction of sp³-hybridized carbons (Fsp3) is 0.118. The number of halogens is 3. The van der Waals surface area contributed by atoms with Crippen LogP contribution in [0.2, 0.25) is 0 Å². The van der Waals surface area contributed by atoms with Gasteiger partial charge in [-0.25, -0.2) is 0 Å². The van der Waals surface area contributed by atoms with Crippen molar-refractivity contribution in [2.24, 2.45) is 0 Å². The standard InChI is InChI=1S/C17H14BrF2NO3/c1-10-2-5-13(14(22)8-10)21-16(23)7-3-11-9-12(18)4-6-15(11)24-17(19)20/h2-9,17,22H,1H3,(H,21,23)/b7-3+. The number of amides is 1. The summed E-state index contributed by atoms with van der Waals surface area (Å²) in [5, 5.41) is 12.3. The van der Waals surface area contributed by atoms with E-state index in [1.54, 1.807) is 24.3 Å². The van der Waals surface area contributed by atoms with Crippen molar-refractivity contribution >= 4 is 33.6 Å². The smallest absolute Gasteiger partial charge is 0.387 e. The maximum atomic E-state index is 12.4. The van der Waals surface area contributed by atoms with E-state index in [4.69, 9.17) is 0 Å². The molecule has 0 spiro atoms. The van der Waals surface area contributed by atoms with Gasteiger partial charge >= 0.3 is 6.61 Å². The quantitative estimate of drug-likeness (QED) is 0.566. The second kappa shape index (κ2) is 7.92. The molecule has 2 rings (SSSR count). The van der Waals surface area contributed by atoms with Crippen LogP contribution < -0.4 is 10.1 Å². The molecule has 24 heavy (non-hydrogen) atoms. The van der Waals surface area contributed by atoms with Gasteiger partial charge in [0.2, 0.25) is 5.91 Å². The average Bonchev–Trinajstić information content (AvgIpc) is 2.50. The molecule has 7 heteroatoms. The summed E-state index contributed by atoms with van der Waals surface area (Å²) in [7, 11) is 0. The average molecular weight is 398 g/mol. The number of phenols is 1. The SMILES string of the molecule is Cc1ccc(NC(=O)/C=C/c2cc(Br)ccc2OC(F)F)c(O)c1. The van der Waals surface area contributed by atoms with Crippen LogP contribution in [0.4, 0.5) is 14.5 Å². The Morgan fingerprint density at radius 3 is 2.71 bits per heavy atom. The van der Waals surface area contributed by atoms with Crippen LogP contribution in [0, 0.1) is 6.92 Å². The van der Waals surface area contributed by atoms with Gasteiger partial charge in [-0.15, -0.1) is 0 Å². The minimum absolute atomic E-state index is 0.0459. The fourth-order valence-corrected chi connectivity index (χ4v) is 2.32. The normalized spacial score (nSPS) is 11.0. The molecule has 2 aromatic rings. The summed E-state index contributed by atoms with van der Waals surface area (Å²) in [6, 6.07) is 9.30. The summed E-state index contributed by atoms with van der Waals surface area (Å²) in [5.74, 6) is -0.617. The van der Waals surface area contributed by atoms with Gasteiger partial charge in [-0.05, 0) is 48.9 Å². The molecule has 1 amide bonds. The van der Waals surface area contributed by atoms with Gasteiger partial charge in [-0.1, -0.05) is 22.0 Å². The number of anilines is 1. The van der Waals surface area contributed by atoms with E-state index in [1.165, 1.54) is 24.3 Å². The third kappa shape index (κ3) is 5.06. The van der Waals surface area contributed by atoms with Crippen molar-refractivity contribution in [1.82, 2.24) is 0 Å². The fourth-order valence-electron chi connectivity index (χ4n) is 1.94. The van der Waals surface area contributed by atoms with E-state index in [9.17, 15) is 18.7 Å². The lowest BCUT2D eigenvalue weighted by Crippen LogP contribution is -2.08. The number of benzene rings is 2. The highest BCUT2D eigenvalue weighted by Gasteiger charge is 2.09. The van der Waals surface area contributed by atoms with Gasteiger partial charge in [0.05, 0.1) is 5.69 Å². The lowest BCUT2D eigenvalue weighted by Gasteiger charge is -2.08. The lowest BCUT2D eigenvalue weighted by atomic mass is 10.2. The summed E-state index contributed by atoms with van der Waals surface area (Å²) < 4.78 is 29.9. The number of aromatic hydroxyl groups is 1. The van der Waals surface area contributed by atoms with Gasteiger partial charge in [0.15, 0.2) is 0 Å². The minimum atomic E-state index is -2.96. The van der Waals surface area contributed by atoms with Crippen LogP contribution in [0.5, 0.6) is 11.5 Å². The molecule has 0 aliphatic carbocycles. The maximum absolute atomic E-state index is 12.4. The molecule has 0 saturated heterocycles. The zero-order valence-corrected chi connectivity index (χ0v) is 14.2. The first-order valence-electron chi connectivity index (χ1n) is 6.88. The number of ether oxygens (including phenoxy) is 1. The molecular weight excluding hydrogens is 384 g/mol. The number of nitrogens with one attached hydrogen (secondary N) is 1. The van der Waals surface area contributed by atoms with E-state index in [2.05, 4.69) is 26.0 Å². The Hall–Kier alpha value is -2.41. The predicted molar refractivity (Wildman–Crippen MR) is 91.3 cm³/mol. The number of hydrogen-bond donors (Lipinski definition) is 2. The first kappa shape index (κ1) is 17.9. The molecule has 2 aromatic carbocycles. The van der Waals surface area contributed by atoms with Crippen molar-refractivity contribution in [2.75, 3.05) is 5.32 Å². The molecule has 0 unspecified atom stereocenters. The zero-order chi connectivity index (χ0) is 17.7. The van der Waals surface area contributed by atoms with Crippen LogP contribution in [0.15, 0.2) is 46.9 Å². The summed E-state index contributed by atoms with van der Waals surface area (Å²) in [6.07, 6.45) is 2.52. The third-order valence-electron chi connectivity index (χ3n) is 3.01. The molecule has 0 fully saturated rings. The summed E-state index contributed by atoms with van der Waals surface area (Å²) in [6.45, 7) is -1.15. The second-order valence-corrected chi connectivity index (χ2v) is 5.82. The third-order valence-corrected chi connectivity index (χ3v) is 3.51. The Morgan fingerprint density at radius 2 is 2.04 bits per heavy atom. The van der Waals surface area contributed by atoms with Crippen LogP contribution in [0.25, 0.3) is 6.08 Å². The van der Waals surface area contributed by atoms with E-state index >= 15 is 0 Å². The molecule has 0 heterocycles. The predicted octanol–water partition coefficient (Wildman–Crippen LogP) is 4.72.